The van der Waals surface area contributed by atoms with Crippen LogP contribution >= 0.6 is 0 Å². The number of aromatic nitrogens is 2. The summed E-state index contributed by atoms with van der Waals surface area (Å²) in [5.41, 5.74) is -0.254. The van der Waals surface area contributed by atoms with Gasteiger partial charge in [0.25, 0.3) is 5.56 Å². The Morgan fingerprint density at radius 3 is 3.10 bits per heavy atom. The van der Waals surface area contributed by atoms with E-state index in [1.165, 1.54) is 23.3 Å². The first-order valence-electron chi connectivity index (χ1n) is 3.00. The van der Waals surface area contributed by atoms with Crippen LogP contribution in [0.5, 0.6) is 0 Å². The van der Waals surface area contributed by atoms with Crippen LogP contribution in [0.1, 0.15) is 6.92 Å². The molecule has 1 heterocycles. The molecule has 0 unspecified atom stereocenters. The lowest BCUT2D eigenvalue weighted by Gasteiger charge is -2.02. The van der Waals surface area contributed by atoms with Crippen LogP contribution in [0.15, 0.2) is 23.4 Å². The van der Waals surface area contributed by atoms with Crippen LogP contribution < -0.4 is 10.4 Å². The summed E-state index contributed by atoms with van der Waals surface area (Å²) in [6.45, 7) is 2.42. The van der Waals surface area contributed by atoms with Crippen molar-refractivity contribution in [1.82, 2.24) is 9.71 Å². The van der Waals surface area contributed by atoms with Crippen molar-refractivity contribution in [1.29, 1.82) is 0 Å². The predicted molar refractivity (Wildman–Crippen MR) is 35.6 cm³/mol. The Morgan fingerprint density at radius 1 is 1.80 bits per heavy atom. The molecular formula is C6H8N2O2. The fourth-order valence-electron chi connectivity index (χ4n) is 0.558. The Morgan fingerprint density at radius 2 is 2.60 bits per heavy atom. The average Bonchev–Trinajstić information content (AvgIpc) is 1.95. The predicted octanol–water partition coefficient (Wildman–Crippen LogP) is -0.308. The summed E-state index contributed by atoms with van der Waals surface area (Å²) >= 11 is 0. The summed E-state index contributed by atoms with van der Waals surface area (Å²) in [4.78, 5) is 18.9. The Labute approximate surface area is 58.0 Å². The number of rotatable bonds is 2. The third-order valence-electron chi connectivity index (χ3n) is 0.941. The van der Waals surface area contributed by atoms with E-state index in [-0.39, 0.29) is 5.56 Å². The van der Waals surface area contributed by atoms with Crippen LogP contribution in [0.25, 0.3) is 0 Å². The van der Waals surface area contributed by atoms with Crippen molar-refractivity contribution in [3.8, 4) is 0 Å². The maximum Gasteiger partial charge on any atom is 0.272 e. The van der Waals surface area contributed by atoms with E-state index in [0.29, 0.717) is 6.61 Å². The summed E-state index contributed by atoms with van der Waals surface area (Å²) in [5.74, 6) is 0. The van der Waals surface area contributed by atoms with E-state index in [4.69, 9.17) is 4.84 Å². The maximum atomic E-state index is 10.4. The first-order chi connectivity index (χ1) is 4.83. The molecule has 0 atom stereocenters. The molecule has 0 aliphatic carbocycles. The standard InChI is InChI=1S/C6H8N2O2/c1-2-10-8-4-3-6(9)7-5-8/h3-5H,2H2,1H3. The number of hydrogen-bond donors (Lipinski definition) is 0. The maximum absolute atomic E-state index is 10.4. The quantitative estimate of drug-likeness (QED) is 0.566. The van der Waals surface area contributed by atoms with Crippen molar-refractivity contribution < 1.29 is 4.84 Å². The van der Waals surface area contributed by atoms with Gasteiger partial charge in [-0.3, -0.25) is 4.79 Å². The van der Waals surface area contributed by atoms with Gasteiger partial charge in [-0.2, -0.15) is 9.71 Å². The van der Waals surface area contributed by atoms with E-state index in [2.05, 4.69) is 4.98 Å². The van der Waals surface area contributed by atoms with E-state index in [1.54, 1.807) is 0 Å². The van der Waals surface area contributed by atoms with Gasteiger partial charge in [-0.1, -0.05) is 0 Å². The highest BCUT2D eigenvalue weighted by atomic mass is 16.7. The minimum atomic E-state index is -0.254. The fraction of sp³-hybridized carbons (Fsp3) is 0.333. The van der Waals surface area contributed by atoms with Crippen LogP contribution in [-0.4, -0.2) is 16.3 Å². The molecule has 0 amide bonds. The van der Waals surface area contributed by atoms with Gasteiger partial charge in [0, 0.05) is 6.07 Å². The molecule has 4 nitrogen and oxygen atoms in total. The van der Waals surface area contributed by atoms with Gasteiger partial charge in [-0.25, -0.2) is 0 Å². The SMILES string of the molecule is CCOn1ccc(=O)nc1. The summed E-state index contributed by atoms with van der Waals surface area (Å²) in [6, 6.07) is 1.34. The Kier molecular flexibility index (Phi) is 2.04. The molecule has 0 saturated heterocycles. The van der Waals surface area contributed by atoms with E-state index in [0.717, 1.165) is 0 Å². The molecule has 1 aromatic rings. The number of hydrogen-bond acceptors (Lipinski definition) is 3. The molecule has 0 fully saturated rings. The Bertz CT molecular complexity index is 236. The Balaban J connectivity index is 2.79. The van der Waals surface area contributed by atoms with Gasteiger partial charge in [0.05, 0.1) is 6.20 Å². The minimum absolute atomic E-state index is 0.254. The summed E-state index contributed by atoms with van der Waals surface area (Å²) in [7, 11) is 0. The fourth-order valence-corrected chi connectivity index (χ4v) is 0.558. The van der Waals surface area contributed by atoms with E-state index in [1.807, 2.05) is 6.92 Å². The van der Waals surface area contributed by atoms with Gasteiger partial charge < -0.3 is 4.84 Å². The molecule has 0 bridgehead atoms. The summed E-state index contributed by atoms with van der Waals surface area (Å²) < 4.78 is 1.39. The highest BCUT2D eigenvalue weighted by Crippen LogP contribution is 1.74. The van der Waals surface area contributed by atoms with Crippen molar-refractivity contribution in [3.05, 3.63) is 28.9 Å². The molecule has 54 valence electrons. The second-order valence-corrected chi connectivity index (χ2v) is 1.68. The molecule has 4 heteroatoms. The van der Waals surface area contributed by atoms with Gasteiger partial charge in [0.2, 0.25) is 0 Å². The lowest BCUT2D eigenvalue weighted by molar-refractivity contribution is 0.117. The van der Waals surface area contributed by atoms with E-state index in [9.17, 15) is 4.79 Å². The smallest absolute Gasteiger partial charge is 0.272 e. The zero-order chi connectivity index (χ0) is 7.40. The van der Waals surface area contributed by atoms with Gasteiger partial charge >= 0.3 is 0 Å². The van der Waals surface area contributed by atoms with Crippen LogP contribution in [0.2, 0.25) is 0 Å². The molecule has 1 aromatic heterocycles. The van der Waals surface area contributed by atoms with Crippen molar-refractivity contribution in [3.63, 3.8) is 0 Å². The lowest BCUT2D eigenvalue weighted by Crippen LogP contribution is -2.15. The summed E-state index contributed by atoms with van der Waals surface area (Å²) in [6.07, 6.45) is 2.87. The third kappa shape index (κ3) is 1.58. The van der Waals surface area contributed by atoms with Crippen LogP contribution in [0, 0.1) is 0 Å². The molecule has 0 saturated carbocycles. The van der Waals surface area contributed by atoms with Crippen molar-refractivity contribution in [2.24, 2.45) is 0 Å². The largest absolute Gasteiger partial charge is 0.413 e. The molecule has 1 rings (SSSR count). The topological polar surface area (TPSA) is 44.1 Å². The Hall–Kier alpha value is -1.32. The number of nitrogens with zero attached hydrogens (tertiary/aromatic N) is 2. The second-order valence-electron chi connectivity index (χ2n) is 1.68. The molecule has 0 aliphatic rings. The lowest BCUT2D eigenvalue weighted by atomic mass is 10.7. The summed E-state index contributed by atoms with van der Waals surface area (Å²) in [5, 5.41) is 0. The first-order valence-corrected chi connectivity index (χ1v) is 3.00. The van der Waals surface area contributed by atoms with Gasteiger partial charge in [0.1, 0.15) is 12.9 Å². The van der Waals surface area contributed by atoms with Crippen molar-refractivity contribution in [2.75, 3.05) is 6.61 Å². The van der Waals surface area contributed by atoms with E-state index < -0.39 is 0 Å². The van der Waals surface area contributed by atoms with Crippen LogP contribution in [0.4, 0.5) is 0 Å². The van der Waals surface area contributed by atoms with Gasteiger partial charge in [0.15, 0.2) is 0 Å². The molecule has 0 N–H and O–H groups in total. The highest BCUT2D eigenvalue weighted by Gasteiger charge is 1.84. The second kappa shape index (κ2) is 3.00. The van der Waals surface area contributed by atoms with Crippen LogP contribution in [0.3, 0.4) is 0 Å². The molecule has 10 heavy (non-hydrogen) atoms. The van der Waals surface area contributed by atoms with E-state index >= 15 is 0 Å². The van der Waals surface area contributed by atoms with Crippen LogP contribution in [-0.2, 0) is 0 Å². The molecule has 0 aliphatic heterocycles. The van der Waals surface area contributed by atoms with Gasteiger partial charge in [-0.15, -0.1) is 0 Å². The first kappa shape index (κ1) is 6.80. The highest BCUT2D eigenvalue weighted by molar-refractivity contribution is 4.78. The van der Waals surface area contributed by atoms with Crippen molar-refractivity contribution in [2.45, 2.75) is 6.92 Å². The molecule has 0 radical (unpaired) electrons. The normalized spacial score (nSPS) is 9.30. The minimum Gasteiger partial charge on any atom is -0.413 e. The van der Waals surface area contributed by atoms with Crippen molar-refractivity contribution >= 4 is 0 Å². The zero-order valence-corrected chi connectivity index (χ0v) is 5.65. The molecule has 0 aromatic carbocycles. The zero-order valence-electron chi connectivity index (χ0n) is 5.65. The molecular weight excluding hydrogens is 132 g/mol. The average molecular weight is 140 g/mol. The third-order valence-corrected chi connectivity index (χ3v) is 0.941. The molecule has 0 spiro atoms. The monoisotopic (exact) mass is 140 g/mol. The van der Waals surface area contributed by atoms with Gasteiger partial charge in [-0.05, 0) is 6.92 Å².